The lowest BCUT2D eigenvalue weighted by molar-refractivity contribution is -0.124. The molecule has 0 aliphatic carbocycles. The van der Waals surface area contributed by atoms with E-state index in [0.29, 0.717) is 23.1 Å². The van der Waals surface area contributed by atoms with Gasteiger partial charge in [-0.3, -0.25) is 4.79 Å². The van der Waals surface area contributed by atoms with Crippen molar-refractivity contribution in [3.63, 3.8) is 0 Å². The maximum Gasteiger partial charge on any atom is 0.224 e. The number of halogens is 3. The molecule has 0 aliphatic rings. The zero-order valence-corrected chi connectivity index (χ0v) is 15.1. The molecule has 1 aromatic carbocycles. The van der Waals surface area contributed by atoms with Crippen molar-refractivity contribution in [3.8, 4) is 0 Å². The van der Waals surface area contributed by atoms with Gasteiger partial charge in [-0.15, -0.1) is 12.4 Å². The Balaban J connectivity index is 0.00000400. The second-order valence-electron chi connectivity index (χ2n) is 5.69. The summed E-state index contributed by atoms with van der Waals surface area (Å²) in [5.74, 6) is -0.00269. The fourth-order valence-corrected chi connectivity index (χ4v) is 2.20. The smallest absolute Gasteiger partial charge is 0.224 e. The van der Waals surface area contributed by atoms with Crippen molar-refractivity contribution in [2.24, 2.45) is 5.92 Å². The molecule has 120 valence electrons. The van der Waals surface area contributed by atoms with E-state index in [1.165, 1.54) is 0 Å². The zero-order valence-electron chi connectivity index (χ0n) is 12.8. The zero-order chi connectivity index (χ0) is 15.3. The largest absolute Gasteiger partial charge is 0.355 e. The number of benzene rings is 1. The first kappa shape index (κ1) is 20.5. The van der Waals surface area contributed by atoms with Crippen LogP contribution >= 0.6 is 35.6 Å². The topological polar surface area (TPSA) is 41.1 Å². The normalized spacial score (nSPS) is 12.5. The van der Waals surface area contributed by atoms with Gasteiger partial charge in [0, 0.05) is 24.4 Å². The molecule has 1 amide bonds. The minimum Gasteiger partial charge on any atom is -0.355 e. The number of carbonyl (C=O) groups is 1. The summed E-state index contributed by atoms with van der Waals surface area (Å²) in [7, 11) is 1.84. The predicted octanol–water partition coefficient (Wildman–Crippen LogP) is 3.66. The number of hydrogen-bond donors (Lipinski definition) is 2. The quantitative estimate of drug-likeness (QED) is 0.819. The Morgan fingerprint density at radius 3 is 2.43 bits per heavy atom. The molecule has 1 unspecified atom stereocenters. The van der Waals surface area contributed by atoms with Crippen molar-refractivity contribution in [2.45, 2.75) is 26.2 Å². The molecule has 0 saturated carbocycles. The van der Waals surface area contributed by atoms with E-state index in [1.807, 2.05) is 26.1 Å². The van der Waals surface area contributed by atoms with Gasteiger partial charge in [0.2, 0.25) is 5.91 Å². The van der Waals surface area contributed by atoms with Crippen LogP contribution in [0.3, 0.4) is 0 Å². The molecule has 0 bridgehead atoms. The summed E-state index contributed by atoms with van der Waals surface area (Å²) >= 11 is 12.0. The summed E-state index contributed by atoms with van der Waals surface area (Å²) in [5.41, 5.74) is 0.844. The third kappa shape index (κ3) is 6.03. The summed E-state index contributed by atoms with van der Waals surface area (Å²) in [6.45, 7) is 7.25. The van der Waals surface area contributed by atoms with Crippen molar-refractivity contribution >= 4 is 41.5 Å². The van der Waals surface area contributed by atoms with Crippen LogP contribution in [0, 0.1) is 5.92 Å². The Morgan fingerprint density at radius 2 is 1.90 bits per heavy atom. The highest BCUT2D eigenvalue weighted by molar-refractivity contribution is 6.42. The highest BCUT2D eigenvalue weighted by atomic mass is 35.5. The second-order valence-corrected chi connectivity index (χ2v) is 6.50. The van der Waals surface area contributed by atoms with Crippen LogP contribution in [0.15, 0.2) is 18.2 Å². The van der Waals surface area contributed by atoms with Crippen molar-refractivity contribution < 1.29 is 4.79 Å². The van der Waals surface area contributed by atoms with E-state index in [-0.39, 0.29) is 29.6 Å². The van der Waals surface area contributed by atoms with E-state index in [0.717, 1.165) is 5.56 Å². The SMILES string of the molecule is CNCC(C)C(=O)NCC(C)(C)c1ccc(Cl)c(Cl)c1.Cl. The van der Waals surface area contributed by atoms with Crippen molar-refractivity contribution in [1.29, 1.82) is 0 Å². The minimum absolute atomic E-state index is 0. The van der Waals surface area contributed by atoms with Crippen molar-refractivity contribution in [3.05, 3.63) is 33.8 Å². The Kier molecular flexibility index (Phi) is 8.64. The van der Waals surface area contributed by atoms with Gasteiger partial charge < -0.3 is 10.6 Å². The van der Waals surface area contributed by atoms with Crippen LogP contribution in [0.1, 0.15) is 26.3 Å². The fourth-order valence-electron chi connectivity index (χ4n) is 1.90. The van der Waals surface area contributed by atoms with Crippen molar-refractivity contribution in [1.82, 2.24) is 10.6 Å². The van der Waals surface area contributed by atoms with E-state index >= 15 is 0 Å². The van der Waals surface area contributed by atoms with Crippen LogP contribution in [0.25, 0.3) is 0 Å². The van der Waals surface area contributed by atoms with Crippen LogP contribution in [-0.2, 0) is 10.2 Å². The highest BCUT2D eigenvalue weighted by Gasteiger charge is 2.23. The summed E-state index contributed by atoms with van der Waals surface area (Å²) in [5, 5.41) is 7.06. The molecular weight excluding hydrogens is 331 g/mol. The Hall–Kier alpha value is -0.480. The van der Waals surface area contributed by atoms with E-state index in [4.69, 9.17) is 23.2 Å². The number of carbonyl (C=O) groups excluding carboxylic acids is 1. The van der Waals surface area contributed by atoms with Gasteiger partial charge in [-0.05, 0) is 24.7 Å². The van der Waals surface area contributed by atoms with Crippen LogP contribution in [0.2, 0.25) is 10.0 Å². The first-order valence-corrected chi connectivity index (χ1v) is 7.41. The molecule has 1 rings (SSSR count). The van der Waals surface area contributed by atoms with Gasteiger partial charge in [-0.25, -0.2) is 0 Å². The third-order valence-electron chi connectivity index (χ3n) is 3.36. The van der Waals surface area contributed by atoms with Gasteiger partial charge in [0.1, 0.15) is 0 Å². The average molecular weight is 354 g/mol. The van der Waals surface area contributed by atoms with Gasteiger partial charge in [-0.2, -0.15) is 0 Å². The van der Waals surface area contributed by atoms with E-state index in [9.17, 15) is 4.79 Å². The van der Waals surface area contributed by atoms with Crippen LogP contribution < -0.4 is 10.6 Å². The Labute approximate surface area is 143 Å². The average Bonchev–Trinajstić information content (AvgIpc) is 2.39. The van der Waals surface area contributed by atoms with Crippen LogP contribution in [0.5, 0.6) is 0 Å². The summed E-state index contributed by atoms with van der Waals surface area (Å²) in [4.78, 5) is 11.9. The monoisotopic (exact) mass is 352 g/mol. The lowest BCUT2D eigenvalue weighted by Gasteiger charge is -2.27. The molecular formula is C15H23Cl3N2O. The van der Waals surface area contributed by atoms with E-state index in [1.54, 1.807) is 6.07 Å². The summed E-state index contributed by atoms with van der Waals surface area (Å²) in [6.07, 6.45) is 0. The first-order chi connectivity index (χ1) is 9.27. The van der Waals surface area contributed by atoms with Crippen LogP contribution in [-0.4, -0.2) is 26.0 Å². The van der Waals surface area contributed by atoms with E-state index in [2.05, 4.69) is 24.5 Å². The molecule has 0 spiro atoms. The molecule has 0 fully saturated rings. The third-order valence-corrected chi connectivity index (χ3v) is 4.10. The molecule has 2 N–H and O–H groups in total. The highest BCUT2D eigenvalue weighted by Crippen LogP contribution is 2.29. The first-order valence-electron chi connectivity index (χ1n) is 6.66. The van der Waals surface area contributed by atoms with Gasteiger partial charge >= 0.3 is 0 Å². The van der Waals surface area contributed by atoms with Crippen molar-refractivity contribution in [2.75, 3.05) is 20.1 Å². The van der Waals surface area contributed by atoms with Gasteiger partial charge in [0.15, 0.2) is 0 Å². The maximum absolute atomic E-state index is 11.9. The molecule has 21 heavy (non-hydrogen) atoms. The molecule has 3 nitrogen and oxygen atoms in total. The maximum atomic E-state index is 11.9. The molecule has 6 heteroatoms. The predicted molar refractivity (Wildman–Crippen MR) is 92.8 cm³/mol. The molecule has 0 heterocycles. The standard InChI is InChI=1S/C15H22Cl2N2O.ClH/c1-10(8-18-4)14(20)19-9-15(2,3)11-5-6-12(16)13(17)7-11;/h5-7,10,18H,8-9H2,1-4H3,(H,19,20);1H. The number of hydrogen-bond acceptors (Lipinski definition) is 2. The fraction of sp³-hybridized carbons (Fsp3) is 0.533. The molecule has 0 saturated heterocycles. The van der Waals surface area contributed by atoms with Gasteiger partial charge in [-0.1, -0.05) is 50.0 Å². The van der Waals surface area contributed by atoms with Gasteiger partial charge in [0.05, 0.1) is 10.0 Å². The number of amides is 1. The number of nitrogens with one attached hydrogen (secondary N) is 2. The molecule has 1 aromatic rings. The lowest BCUT2D eigenvalue weighted by Crippen LogP contribution is -2.41. The second kappa shape index (κ2) is 8.84. The molecule has 0 radical (unpaired) electrons. The Morgan fingerprint density at radius 1 is 1.29 bits per heavy atom. The molecule has 1 atom stereocenters. The lowest BCUT2D eigenvalue weighted by atomic mass is 9.84. The number of rotatable bonds is 6. The minimum atomic E-state index is -0.205. The van der Waals surface area contributed by atoms with Crippen LogP contribution in [0.4, 0.5) is 0 Å². The summed E-state index contributed by atoms with van der Waals surface area (Å²) < 4.78 is 0. The molecule has 0 aliphatic heterocycles. The summed E-state index contributed by atoms with van der Waals surface area (Å²) in [6, 6.07) is 5.58. The Bertz CT molecular complexity index is 478. The van der Waals surface area contributed by atoms with Gasteiger partial charge in [0.25, 0.3) is 0 Å². The molecule has 0 aromatic heterocycles. The van der Waals surface area contributed by atoms with E-state index < -0.39 is 0 Å².